The molecule has 0 aliphatic carbocycles. The van der Waals surface area contributed by atoms with Crippen LogP contribution < -0.4 is 10.6 Å². The van der Waals surface area contributed by atoms with Crippen molar-refractivity contribution < 1.29 is 20.0 Å². The second kappa shape index (κ2) is 7.36. The van der Waals surface area contributed by atoms with Gasteiger partial charge in [-0.2, -0.15) is 6.66 Å². The quantitative estimate of drug-likeness (QED) is 0.374. The molecule has 0 bridgehead atoms. The van der Waals surface area contributed by atoms with E-state index in [0.717, 1.165) is 0 Å². The van der Waals surface area contributed by atoms with Gasteiger partial charge in [0.15, 0.2) is 0 Å². The van der Waals surface area contributed by atoms with Gasteiger partial charge >= 0.3 is 29.2 Å². The number of hydrogen-bond acceptors (Lipinski definition) is 0. The summed E-state index contributed by atoms with van der Waals surface area (Å²) in [6, 6.07) is 21.1. The molecule has 0 nitrogen and oxygen atoms in total. The van der Waals surface area contributed by atoms with Gasteiger partial charge < -0.3 is 0 Å². The second-order valence-corrected chi connectivity index (χ2v) is 7.28. The fraction of sp³-hybridized carbons (Fsp3) is 0.0714. The van der Waals surface area contributed by atoms with E-state index in [1.807, 2.05) is 0 Å². The van der Waals surface area contributed by atoms with E-state index in [1.165, 1.54) is 10.6 Å². The first-order valence-corrected chi connectivity index (χ1v) is 10.3. The fourth-order valence-electron chi connectivity index (χ4n) is 1.66. The van der Waals surface area contributed by atoms with Crippen LogP contribution in [0.3, 0.4) is 0 Å². The van der Waals surface area contributed by atoms with Crippen LogP contribution in [-0.4, -0.2) is 6.66 Å². The Bertz CT molecular complexity index is 387. The van der Waals surface area contributed by atoms with Crippen molar-refractivity contribution in [3.05, 3.63) is 67.3 Å². The molecule has 17 heavy (non-hydrogen) atoms. The Labute approximate surface area is 120 Å². The summed E-state index contributed by atoms with van der Waals surface area (Å²) in [6.07, 6.45) is 0. The van der Waals surface area contributed by atoms with Gasteiger partial charge in [0.25, 0.3) is 0 Å². The van der Waals surface area contributed by atoms with E-state index in [-0.39, 0.29) is 0 Å². The molecule has 0 unspecified atom stereocenters. The van der Waals surface area contributed by atoms with Gasteiger partial charge in [0.1, 0.15) is 0 Å². The summed E-state index contributed by atoms with van der Waals surface area (Å²) in [5, 5.41) is 2.72. The molecule has 0 saturated carbocycles. The molecule has 0 radical (unpaired) electrons. The van der Waals surface area contributed by atoms with Crippen LogP contribution >= 0.6 is 16.5 Å². The molecule has 2 aromatic rings. The van der Waals surface area contributed by atoms with Gasteiger partial charge in [-0.25, -0.2) is 0 Å². The summed E-state index contributed by atoms with van der Waals surface area (Å²) >= 11 is 1.75. The van der Waals surface area contributed by atoms with Gasteiger partial charge in [-0.1, -0.05) is 43.7 Å². The predicted octanol–water partition coefficient (Wildman–Crippen LogP) is 3.76. The van der Waals surface area contributed by atoms with Crippen LogP contribution in [0.15, 0.2) is 60.7 Å². The molecule has 0 spiro atoms. The third kappa shape index (κ3) is 3.95. The molecule has 0 aromatic heterocycles. The number of benzene rings is 2. The van der Waals surface area contributed by atoms with Crippen molar-refractivity contribution >= 4 is 27.1 Å². The van der Waals surface area contributed by atoms with Crippen molar-refractivity contribution in [1.82, 2.24) is 0 Å². The maximum atomic E-state index is 4.58. The zero-order chi connectivity index (χ0) is 12.7. The summed E-state index contributed by atoms with van der Waals surface area (Å²) in [7, 11) is 3.19. The van der Waals surface area contributed by atoms with Gasteiger partial charge in [-0.3, -0.25) is 0 Å². The summed E-state index contributed by atoms with van der Waals surface area (Å²) < 4.78 is 0. The zero-order valence-electron chi connectivity index (χ0n) is 9.61. The summed E-state index contributed by atoms with van der Waals surface area (Å²) in [4.78, 5) is 0. The molecule has 2 rings (SSSR count). The maximum absolute atomic E-state index is 4.58. The van der Waals surface area contributed by atoms with E-state index in [0.29, 0.717) is 0 Å². The Morgan fingerprint density at radius 1 is 0.824 bits per heavy atom. The third-order valence-corrected chi connectivity index (χ3v) is 5.53. The normalized spacial score (nSPS) is 10.4. The molecule has 0 fully saturated rings. The van der Waals surface area contributed by atoms with Crippen molar-refractivity contribution in [2.75, 3.05) is 6.66 Å². The van der Waals surface area contributed by atoms with Crippen LogP contribution in [0, 0.1) is 6.66 Å². The molecular formula is C14H15AuClP. The average molecular weight is 447 g/mol. The molecule has 0 N–H and O–H groups in total. The standard InChI is InChI=1S/C14H15P.Au.ClH/c1-15(2,13-9-5-3-6-10-13)14-11-7-4-8-12-14;;/h3-12H,1H2,2H3;;1H/q;+1;/p-1. The Kier molecular flexibility index (Phi) is 6.48. The van der Waals surface area contributed by atoms with Gasteiger partial charge in [0.2, 0.25) is 0 Å². The Balaban J connectivity index is 0.000000686. The van der Waals surface area contributed by atoms with Gasteiger partial charge in [-0.15, -0.1) is 0 Å². The molecule has 0 heterocycles. The third-order valence-electron chi connectivity index (χ3n) is 2.65. The molecule has 3 heteroatoms. The van der Waals surface area contributed by atoms with Crippen LogP contribution in [0.1, 0.15) is 0 Å². The van der Waals surface area contributed by atoms with E-state index < -0.39 is 7.26 Å². The Morgan fingerprint density at radius 3 is 1.41 bits per heavy atom. The van der Waals surface area contributed by atoms with Crippen molar-refractivity contribution in [3.8, 4) is 0 Å². The summed E-state index contributed by atoms with van der Waals surface area (Å²) in [6.45, 7) is 6.68. The topological polar surface area (TPSA) is 0 Å². The first-order chi connectivity index (χ1) is 8.21. The Morgan fingerprint density at radius 2 is 1.12 bits per heavy atom. The van der Waals surface area contributed by atoms with Gasteiger partial charge in [-0.05, 0) is 24.3 Å². The molecule has 0 aliphatic heterocycles. The van der Waals surface area contributed by atoms with Crippen molar-refractivity contribution in [2.45, 2.75) is 0 Å². The van der Waals surface area contributed by atoms with E-state index >= 15 is 0 Å². The molecule has 0 atom stereocenters. The van der Waals surface area contributed by atoms with E-state index in [1.54, 1.807) is 20.0 Å². The minimum absolute atomic E-state index is 1.36. The molecule has 0 aliphatic rings. The minimum atomic E-state index is -1.40. The van der Waals surface area contributed by atoms with Crippen LogP contribution in [0.2, 0.25) is 0 Å². The predicted molar refractivity (Wildman–Crippen MR) is 76.2 cm³/mol. The van der Waals surface area contributed by atoms with Crippen LogP contribution in [0.25, 0.3) is 0 Å². The van der Waals surface area contributed by atoms with Crippen molar-refractivity contribution in [2.24, 2.45) is 0 Å². The summed E-state index contributed by atoms with van der Waals surface area (Å²) in [5.74, 6) is 0. The number of hydrogen-bond donors (Lipinski definition) is 0. The van der Waals surface area contributed by atoms with E-state index in [2.05, 4.69) is 83.2 Å². The second-order valence-electron chi connectivity index (χ2n) is 3.86. The molecule has 2 aromatic carbocycles. The van der Waals surface area contributed by atoms with E-state index in [9.17, 15) is 0 Å². The first kappa shape index (κ1) is 15.0. The van der Waals surface area contributed by atoms with E-state index in [4.69, 9.17) is 0 Å². The monoisotopic (exact) mass is 446 g/mol. The number of halogens is 1. The molecule has 94 valence electrons. The molecule has 0 amide bonds. The summed E-state index contributed by atoms with van der Waals surface area (Å²) in [5.41, 5.74) is 0. The van der Waals surface area contributed by atoms with Crippen molar-refractivity contribution in [1.29, 1.82) is 0 Å². The van der Waals surface area contributed by atoms with Crippen LogP contribution in [-0.2, 0) is 20.0 Å². The SMILES string of the molecule is [CH2-][P+](C)(c1ccccc1)c1ccccc1.[Cl][Au]. The number of rotatable bonds is 2. The van der Waals surface area contributed by atoms with Gasteiger partial charge in [0, 0.05) is 6.66 Å². The average Bonchev–Trinajstić information content (AvgIpc) is 2.43. The molecular weight excluding hydrogens is 432 g/mol. The van der Waals surface area contributed by atoms with Crippen molar-refractivity contribution in [3.63, 3.8) is 0 Å². The zero-order valence-corrected chi connectivity index (χ0v) is 13.4. The van der Waals surface area contributed by atoms with Gasteiger partial charge in [0.05, 0.1) is 10.6 Å². The van der Waals surface area contributed by atoms with Crippen LogP contribution in [0.4, 0.5) is 0 Å². The first-order valence-electron chi connectivity index (χ1n) is 5.15. The fourth-order valence-corrected chi connectivity index (χ4v) is 3.62. The molecule has 0 saturated heterocycles. The van der Waals surface area contributed by atoms with Crippen LogP contribution in [0.5, 0.6) is 0 Å². The Hall–Kier alpha value is -0.0997.